The van der Waals surface area contributed by atoms with Gasteiger partial charge in [0.15, 0.2) is 0 Å². The number of hydrogen-bond donors (Lipinski definition) is 1. The quantitative estimate of drug-likeness (QED) is 0.857. The molecule has 1 aliphatic rings. The zero-order valence-electron chi connectivity index (χ0n) is 14.7. The van der Waals surface area contributed by atoms with Gasteiger partial charge in [-0.15, -0.1) is 0 Å². The summed E-state index contributed by atoms with van der Waals surface area (Å²) in [6.45, 7) is 2.91. The van der Waals surface area contributed by atoms with Crippen molar-refractivity contribution < 1.29 is 0 Å². The standard InChI is InChI=1S/C19H27N5/c1-15-13-24(19(20)22-15)21-12-16-8-10-17(11-9-16)14-23(2)18-6-4-3-5-7-18/h8-13,18H,3-7,14H2,1-2H3,(H2,20,22). The van der Waals surface area contributed by atoms with Crippen LogP contribution in [0.3, 0.4) is 0 Å². The van der Waals surface area contributed by atoms with E-state index in [1.165, 1.54) is 37.7 Å². The topological polar surface area (TPSA) is 59.4 Å². The summed E-state index contributed by atoms with van der Waals surface area (Å²) in [5.41, 5.74) is 9.06. The summed E-state index contributed by atoms with van der Waals surface area (Å²) < 4.78 is 1.60. The average Bonchev–Trinajstić information content (AvgIpc) is 2.92. The van der Waals surface area contributed by atoms with Crippen molar-refractivity contribution in [2.24, 2.45) is 5.10 Å². The summed E-state index contributed by atoms with van der Waals surface area (Å²) in [6, 6.07) is 9.32. The highest BCUT2D eigenvalue weighted by Gasteiger charge is 2.17. The molecule has 128 valence electrons. The van der Waals surface area contributed by atoms with Gasteiger partial charge in [-0.3, -0.25) is 4.90 Å². The molecule has 1 aromatic carbocycles. The molecular weight excluding hydrogens is 298 g/mol. The Bertz CT molecular complexity index is 680. The molecule has 0 atom stereocenters. The second-order valence-corrected chi connectivity index (χ2v) is 6.78. The van der Waals surface area contributed by atoms with E-state index in [1.54, 1.807) is 4.68 Å². The van der Waals surface area contributed by atoms with E-state index < -0.39 is 0 Å². The number of aromatic nitrogens is 2. The van der Waals surface area contributed by atoms with E-state index in [4.69, 9.17) is 5.73 Å². The van der Waals surface area contributed by atoms with Crippen LogP contribution >= 0.6 is 0 Å². The van der Waals surface area contributed by atoms with Gasteiger partial charge in [0.1, 0.15) is 0 Å². The van der Waals surface area contributed by atoms with Crippen LogP contribution in [0.2, 0.25) is 0 Å². The van der Waals surface area contributed by atoms with E-state index in [9.17, 15) is 0 Å². The van der Waals surface area contributed by atoms with Crippen molar-refractivity contribution in [1.29, 1.82) is 0 Å². The van der Waals surface area contributed by atoms with Crippen molar-refractivity contribution in [3.8, 4) is 0 Å². The van der Waals surface area contributed by atoms with E-state index >= 15 is 0 Å². The highest BCUT2D eigenvalue weighted by atomic mass is 15.4. The van der Waals surface area contributed by atoms with Crippen LogP contribution in [0.1, 0.15) is 48.9 Å². The van der Waals surface area contributed by atoms with Crippen LogP contribution < -0.4 is 5.73 Å². The number of hydrogen-bond acceptors (Lipinski definition) is 4. The lowest BCUT2D eigenvalue weighted by Gasteiger charge is -2.31. The SMILES string of the molecule is Cc1cn(N=Cc2ccc(CN(C)C3CCCCC3)cc2)c(N)n1. The highest BCUT2D eigenvalue weighted by molar-refractivity contribution is 5.79. The molecule has 0 aliphatic heterocycles. The Hall–Kier alpha value is -2.14. The van der Waals surface area contributed by atoms with Gasteiger partial charge in [-0.1, -0.05) is 43.5 Å². The monoisotopic (exact) mass is 325 g/mol. The lowest BCUT2D eigenvalue weighted by molar-refractivity contribution is 0.184. The molecule has 1 aliphatic carbocycles. The van der Waals surface area contributed by atoms with E-state index in [2.05, 4.69) is 46.3 Å². The van der Waals surface area contributed by atoms with Crippen molar-refractivity contribution in [1.82, 2.24) is 14.6 Å². The van der Waals surface area contributed by atoms with Crippen molar-refractivity contribution in [3.63, 3.8) is 0 Å². The van der Waals surface area contributed by atoms with Gasteiger partial charge in [0.05, 0.1) is 18.1 Å². The van der Waals surface area contributed by atoms with E-state index in [1.807, 2.05) is 19.3 Å². The van der Waals surface area contributed by atoms with Crippen LogP contribution in [0.25, 0.3) is 0 Å². The molecule has 1 saturated carbocycles. The molecule has 5 nitrogen and oxygen atoms in total. The predicted molar refractivity (Wildman–Crippen MR) is 99.2 cm³/mol. The number of imidazole rings is 1. The van der Waals surface area contributed by atoms with E-state index in [-0.39, 0.29) is 0 Å². The largest absolute Gasteiger partial charge is 0.368 e. The minimum atomic E-state index is 0.412. The number of nitrogen functional groups attached to an aromatic ring is 1. The molecule has 5 heteroatoms. The maximum Gasteiger partial charge on any atom is 0.221 e. The first-order valence-corrected chi connectivity index (χ1v) is 8.77. The maximum absolute atomic E-state index is 5.79. The number of benzene rings is 1. The molecule has 0 amide bonds. The second kappa shape index (κ2) is 7.62. The van der Waals surface area contributed by atoms with Gasteiger partial charge < -0.3 is 5.73 Å². The van der Waals surface area contributed by atoms with Crippen LogP contribution in [0.5, 0.6) is 0 Å². The molecule has 0 radical (unpaired) electrons. The Balaban J connectivity index is 1.59. The Morgan fingerprint density at radius 2 is 1.96 bits per heavy atom. The van der Waals surface area contributed by atoms with E-state index in [0.717, 1.165) is 23.8 Å². The number of aryl methyl sites for hydroxylation is 1. The molecule has 1 aromatic heterocycles. The predicted octanol–water partition coefficient (Wildman–Crippen LogP) is 3.42. The first kappa shape index (κ1) is 16.7. The van der Waals surface area contributed by atoms with Crippen LogP contribution in [0.15, 0.2) is 35.6 Å². The summed E-state index contributed by atoms with van der Waals surface area (Å²) in [5.74, 6) is 0.412. The second-order valence-electron chi connectivity index (χ2n) is 6.78. The Morgan fingerprint density at radius 1 is 1.25 bits per heavy atom. The first-order valence-electron chi connectivity index (χ1n) is 8.77. The van der Waals surface area contributed by atoms with Crippen molar-refractivity contribution in [2.75, 3.05) is 12.8 Å². The van der Waals surface area contributed by atoms with Crippen LogP contribution in [0.4, 0.5) is 5.95 Å². The summed E-state index contributed by atoms with van der Waals surface area (Å²) in [7, 11) is 2.25. The Morgan fingerprint density at radius 3 is 2.58 bits per heavy atom. The number of nitrogens with two attached hydrogens (primary N) is 1. The van der Waals surface area contributed by atoms with Gasteiger partial charge in [0, 0.05) is 12.6 Å². The van der Waals surface area contributed by atoms with Crippen LogP contribution in [-0.2, 0) is 6.54 Å². The fourth-order valence-corrected chi connectivity index (χ4v) is 3.37. The molecule has 3 rings (SSSR count). The molecule has 0 spiro atoms. The molecular formula is C19H27N5. The molecule has 1 fully saturated rings. The third kappa shape index (κ3) is 4.23. The minimum Gasteiger partial charge on any atom is -0.368 e. The third-order valence-electron chi connectivity index (χ3n) is 4.78. The normalized spacial score (nSPS) is 16.3. The zero-order chi connectivity index (χ0) is 16.9. The van der Waals surface area contributed by atoms with Gasteiger partial charge in [-0.25, -0.2) is 9.66 Å². The van der Waals surface area contributed by atoms with Gasteiger partial charge in [-0.05, 0) is 37.9 Å². The van der Waals surface area contributed by atoms with Gasteiger partial charge in [-0.2, -0.15) is 5.10 Å². The third-order valence-corrected chi connectivity index (χ3v) is 4.78. The molecule has 24 heavy (non-hydrogen) atoms. The Labute approximate surface area is 144 Å². The maximum atomic E-state index is 5.79. The van der Waals surface area contributed by atoms with Crippen molar-refractivity contribution >= 4 is 12.2 Å². The zero-order valence-corrected chi connectivity index (χ0v) is 14.7. The average molecular weight is 325 g/mol. The number of nitrogens with zero attached hydrogens (tertiary/aromatic N) is 4. The van der Waals surface area contributed by atoms with Crippen LogP contribution in [-0.4, -0.2) is 33.9 Å². The van der Waals surface area contributed by atoms with Gasteiger partial charge >= 0.3 is 0 Å². The molecule has 2 aromatic rings. The van der Waals surface area contributed by atoms with Crippen LogP contribution in [0, 0.1) is 6.92 Å². The first-order chi connectivity index (χ1) is 11.6. The Kier molecular flexibility index (Phi) is 5.30. The fraction of sp³-hybridized carbons (Fsp3) is 0.474. The summed E-state index contributed by atoms with van der Waals surface area (Å²) in [5, 5.41) is 4.35. The molecule has 0 saturated heterocycles. The van der Waals surface area contributed by atoms with Gasteiger partial charge in [0.25, 0.3) is 0 Å². The number of rotatable bonds is 5. The smallest absolute Gasteiger partial charge is 0.221 e. The van der Waals surface area contributed by atoms with Crippen molar-refractivity contribution in [2.45, 2.75) is 51.6 Å². The number of anilines is 1. The van der Waals surface area contributed by atoms with E-state index in [0.29, 0.717) is 5.95 Å². The molecule has 1 heterocycles. The summed E-state index contributed by atoms with van der Waals surface area (Å²) in [4.78, 5) is 6.63. The lowest BCUT2D eigenvalue weighted by Crippen LogP contribution is -2.32. The van der Waals surface area contributed by atoms with Gasteiger partial charge in [0.2, 0.25) is 5.95 Å². The fourth-order valence-electron chi connectivity index (χ4n) is 3.37. The molecule has 0 bridgehead atoms. The van der Waals surface area contributed by atoms with Crippen molar-refractivity contribution in [3.05, 3.63) is 47.3 Å². The lowest BCUT2D eigenvalue weighted by atomic mass is 9.94. The molecule has 2 N–H and O–H groups in total. The summed E-state index contributed by atoms with van der Waals surface area (Å²) >= 11 is 0. The summed E-state index contributed by atoms with van der Waals surface area (Å²) in [6.07, 6.45) is 10.5. The highest BCUT2D eigenvalue weighted by Crippen LogP contribution is 2.22. The minimum absolute atomic E-state index is 0.412. The molecule has 0 unspecified atom stereocenters.